The number of benzene rings is 3. The van der Waals surface area contributed by atoms with Gasteiger partial charge in [-0.05, 0) is 48.0 Å². The number of amides is 1. The number of piperazine rings is 1. The van der Waals surface area contributed by atoms with Crippen molar-refractivity contribution in [1.82, 2.24) is 9.47 Å². The maximum absolute atomic E-state index is 13.6. The minimum atomic E-state index is -0.342. The summed E-state index contributed by atoms with van der Waals surface area (Å²) in [6.07, 6.45) is 0. The van der Waals surface area contributed by atoms with E-state index in [9.17, 15) is 14.9 Å². The molecule has 6 nitrogen and oxygen atoms in total. The van der Waals surface area contributed by atoms with Gasteiger partial charge in [0.2, 0.25) is 0 Å². The Balaban J connectivity index is 1.51. The maximum Gasteiger partial charge on any atom is 0.271 e. The summed E-state index contributed by atoms with van der Waals surface area (Å²) in [6.45, 7) is 2.23. The molecule has 1 amide bonds. The molecule has 0 N–H and O–H groups in total. The zero-order chi connectivity index (χ0) is 25.2. The first kappa shape index (κ1) is 23.9. The summed E-state index contributed by atoms with van der Waals surface area (Å²) in [5.74, 6) is -0.0713. The number of nitrogens with zero attached hydrogens (tertiary/aromatic N) is 4. The molecule has 1 saturated heterocycles. The Morgan fingerprint density at radius 3 is 2.22 bits per heavy atom. The van der Waals surface area contributed by atoms with Gasteiger partial charge in [-0.3, -0.25) is 9.59 Å². The maximum atomic E-state index is 13.6. The molecule has 5 rings (SSSR count). The summed E-state index contributed by atoms with van der Waals surface area (Å²) in [5, 5.41) is 11.9. The van der Waals surface area contributed by atoms with Crippen molar-refractivity contribution in [3.8, 4) is 6.07 Å². The van der Waals surface area contributed by atoms with Gasteiger partial charge < -0.3 is 14.4 Å². The molecule has 0 bridgehead atoms. The molecule has 0 radical (unpaired) electrons. The minimum absolute atomic E-state index is 0.0713. The van der Waals surface area contributed by atoms with E-state index in [-0.39, 0.29) is 17.0 Å². The molecule has 2 heterocycles. The lowest BCUT2D eigenvalue weighted by Gasteiger charge is -2.37. The van der Waals surface area contributed by atoms with Gasteiger partial charge in [0.1, 0.15) is 11.6 Å². The van der Waals surface area contributed by atoms with Crippen LogP contribution in [0.2, 0.25) is 10.0 Å². The molecule has 1 aliphatic heterocycles. The second-order valence-electron chi connectivity index (χ2n) is 8.66. The summed E-state index contributed by atoms with van der Waals surface area (Å²) in [4.78, 5) is 30.3. The number of rotatable bonds is 4. The number of fused-ring (bicyclic) bond motifs is 1. The molecule has 180 valence electrons. The number of nitriles is 1. The van der Waals surface area contributed by atoms with Crippen molar-refractivity contribution < 1.29 is 4.79 Å². The fourth-order valence-corrected chi connectivity index (χ4v) is 4.97. The summed E-state index contributed by atoms with van der Waals surface area (Å²) < 4.78 is 1.63. The predicted octanol–water partition coefficient (Wildman–Crippen LogP) is 5.19. The first-order valence-corrected chi connectivity index (χ1v) is 12.3. The van der Waals surface area contributed by atoms with Crippen molar-refractivity contribution in [2.75, 3.05) is 31.1 Å². The molecule has 0 unspecified atom stereocenters. The zero-order valence-electron chi connectivity index (χ0n) is 19.3. The van der Waals surface area contributed by atoms with E-state index in [0.29, 0.717) is 59.5 Å². The fourth-order valence-electron chi connectivity index (χ4n) is 4.67. The highest BCUT2D eigenvalue weighted by molar-refractivity contribution is 6.31. The van der Waals surface area contributed by atoms with Crippen LogP contribution in [0.5, 0.6) is 0 Å². The van der Waals surface area contributed by atoms with E-state index in [4.69, 9.17) is 23.2 Å². The van der Waals surface area contributed by atoms with Crippen LogP contribution >= 0.6 is 23.2 Å². The molecule has 1 fully saturated rings. The molecule has 0 atom stereocenters. The molecule has 1 aliphatic rings. The van der Waals surface area contributed by atoms with Gasteiger partial charge in [0.05, 0.1) is 17.7 Å². The van der Waals surface area contributed by atoms with Crippen LogP contribution in [0.15, 0.2) is 77.6 Å². The smallest absolute Gasteiger partial charge is 0.271 e. The molecule has 4 aromatic rings. The molecular formula is C28H22Cl2N4O2. The van der Waals surface area contributed by atoms with Crippen molar-refractivity contribution in [2.45, 2.75) is 6.54 Å². The van der Waals surface area contributed by atoms with Gasteiger partial charge in [-0.2, -0.15) is 5.26 Å². The number of hydrogen-bond acceptors (Lipinski definition) is 4. The second kappa shape index (κ2) is 10.1. The Kier molecular flexibility index (Phi) is 6.69. The summed E-state index contributed by atoms with van der Waals surface area (Å²) in [6, 6.07) is 24.0. The number of pyridine rings is 1. The standard InChI is InChI=1S/C28H22Cl2N4O2/c29-21-8-6-20(7-9-21)27(35)33-14-12-32(13-15-33)26-23-16-22(30)10-11-25(23)34(28(36)24(26)17-31)18-19-4-2-1-3-5-19/h1-11,16H,12-15,18H2. The fraction of sp³-hybridized carbons (Fsp3) is 0.179. The van der Waals surface area contributed by atoms with E-state index in [1.54, 1.807) is 45.9 Å². The molecule has 0 spiro atoms. The van der Waals surface area contributed by atoms with Crippen LogP contribution < -0.4 is 10.5 Å². The zero-order valence-corrected chi connectivity index (χ0v) is 20.8. The van der Waals surface area contributed by atoms with Crippen LogP contribution in [-0.2, 0) is 6.54 Å². The second-order valence-corrected chi connectivity index (χ2v) is 9.53. The normalized spacial score (nSPS) is 13.6. The van der Waals surface area contributed by atoms with Crippen LogP contribution in [0.1, 0.15) is 21.5 Å². The number of carbonyl (C=O) groups is 1. The monoisotopic (exact) mass is 516 g/mol. The van der Waals surface area contributed by atoms with Crippen molar-refractivity contribution in [2.24, 2.45) is 0 Å². The predicted molar refractivity (Wildman–Crippen MR) is 143 cm³/mol. The summed E-state index contributed by atoms with van der Waals surface area (Å²) in [5.41, 5.74) is 2.56. The number of hydrogen-bond donors (Lipinski definition) is 0. The first-order chi connectivity index (χ1) is 17.5. The third kappa shape index (κ3) is 4.56. The highest BCUT2D eigenvalue weighted by Gasteiger charge is 2.27. The van der Waals surface area contributed by atoms with Crippen molar-refractivity contribution in [1.29, 1.82) is 5.26 Å². The summed E-state index contributed by atoms with van der Waals surface area (Å²) >= 11 is 12.3. The number of aromatic nitrogens is 1. The van der Waals surface area contributed by atoms with Gasteiger partial charge in [-0.1, -0.05) is 53.5 Å². The van der Waals surface area contributed by atoms with E-state index < -0.39 is 0 Å². The average molecular weight is 517 g/mol. The van der Waals surface area contributed by atoms with Crippen molar-refractivity contribution >= 4 is 45.7 Å². The lowest BCUT2D eigenvalue weighted by Crippen LogP contribution is -2.49. The molecular weight excluding hydrogens is 495 g/mol. The molecule has 36 heavy (non-hydrogen) atoms. The molecule has 0 saturated carbocycles. The Hall–Kier alpha value is -3.79. The van der Waals surface area contributed by atoms with E-state index in [1.165, 1.54) is 0 Å². The average Bonchev–Trinajstić information content (AvgIpc) is 2.90. The van der Waals surface area contributed by atoms with Gasteiger partial charge in [0.25, 0.3) is 11.5 Å². The van der Waals surface area contributed by atoms with Crippen LogP contribution in [0.25, 0.3) is 10.9 Å². The van der Waals surface area contributed by atoms with E-state index >= 15 is 0 Å². The number of anilines is 1. The van der Waals surface area contributed by atoms with Gasteiger partial charge >= 0.3 is 0 Å². The topological polar surface area (TPSA) is 69.3 Å². The quantitative estimate of drug-likeness (QED) is 0.374. The Morgan fingerprint density at radius 1 is 0.889 bits per heavy atom. The van der Waals surface area contributed by atoms with E-state index in [2.05, 4.69) is 6.07 Å². The Labute approximate surface area is 218 Å². The third-order valence-corrected chi connectivity index (χ3v) is 6.96. The molecule has 8 heteroatoms. The van der Waals surface area contributed by atoms with E-state index in [1.807, 2.05) is 41.3 Å². The van der Waals surface area contributed by atoms with Gasteiger partial charge in [-0.25, -0.2) is 0 Å². The number of carbonyl (C=O) groups excluding carboxylic acids is 1. The van der Waals surface area contributed by atoms with Gasteiger partial charge in [0.15, 0.2) is 0 Å². The van der Waals surface area contributed by atoms with E-state index in [0.717, 1.165) is 10.9 Å². The SMILES string of the molecule is N#Cc1c(N2CCN(C(=O)c3ccc(Cl)cc3)CC2)c2cc(Cl)ccc2n(Cc2ccccc2)c1=O. The third-order valence-electron chi connectivity index (χ3n) is 6.47. The lowest BCUT2D eigenvalue weighted by molar-refractivity contribution is 0.0747. The highest BCUT2D eigenvalue weighted by Crippen LogP contribution is 2.32. The Bertz CT molecular complexity index is 1530. The molecule has 3 aromatic carbocycles. The van der Waals surface area contributed by atoms with Crippen LogP contribution in [0, 0.1) is 11.3 Å². The lowest BCUT2D eigenvalue weighted by atomic mass is 10.1. The number of halogens is 2. The molecule has 0 aliphatic carbocycles. The van der Waals surface area contributed by atoms with Crippen LogP contribution in [-0.4, -0.2) is 41.6 Å². The van der Waals surface area contributed by atoms with Gasteiger partial charge in [-0.15, -0.1) is 0 Å². The molecule has 1 aromatic heterocycles. The highest BCUT2D eigenvalue weighted by atomic mass is 35.5. The van der Waals surface area contributed by atoms with Crippen molar-refractivity contribution in [3.63, 3.8) is 0 Å². The first-order valence-electron chi connectivity index (χ1n) is 11.6. The van der Waals surface area contributed by atoms with Crippen LogP contribution in [0.4, 0.5) is 5.69 Å². The van der Waals surface area contributed by atoms with Crippen molar-refractivity contribution in [3.05, 3.63) is 110 Å². The van der Waals surface area contributed by atoms with Gasteiger partial charge in [0, 0.05) is 47.2 Å². The Morgan fingerprint density at radius 2 is 1.56 bits per heavy atom. The largest absolute Gasteiger partial charge is 0.366 e. The summed E-state index contributed by atoms with van der Waals surface area (Å²) in [7, 11) is 0. The van der Waals surface area contributed by atoms with Crippen LogP contribution in [0.3, 0.4) is 0 Å². The minimum Gasteiger partial charge on any atom is -0.366 e.